The second-order valence-electron chi connectivity index (χ2n) is 12.3. The maximum Gasteiger partial charge on any atom is 0.317 e. The minimum atomic E-state index is -0.650. The van der Waals surface area contributed by atoms with Gasteiger partial charge >= 0.3 is 6.03 Å². The largest absolute Gasteiger partial charge is 0.369 e. The van der Waals surface area contributed by atoms with Gasteiger partial charge < -0.3 is 21.3 Å². The normalized spacial score (nSPS) is 35.0. The Morgan fingerprint density at radius 2 is 1.47 bits per heavy atom. The van der Waals surface area contributed by atoms with Crippen LogP contribution in [0.4, 0.5) is 4.79 Å². The molecule has 4 amide bonds. The molecule has 4 aliphatic carbocycles. The minimum Gasteiger partial charge on any atom is -0.369 e. The molecule has 2 atom stereocenters. The fraction of sp³-hybridized carbons (Fsp3) is 0.875. The SMILES string of the molecule is CC(C)(C)NC(=O)N1CCN(C(C)(C)C(=O)NC2C3CC4CC2CC(C(N)=O)(C4)C3)CC1. The van der Waals surface area contributed by atoms with Crippen LogP contribution >= 0.6 is 0 Å². The van der Waals surface area contributed by atoms with Gasteiger partial charge in [0.1, 0.15) is 0 Å². The number of rotatable bonds is 4. The van der Waals surface area contributed by atoms with Gasteiger partial charge in [-0.1, -0.05) is 0 Å². The van der Waals surface area contributed by atoms with Gasteiger partial charge in [0.2, 0.25) is 11.8 Å². The van der Waals surface area contributed by atoms with Crippen molar-refractivity contribution in [1.29, 1.82) is 0 Å². The Hall–Kier alpha value is -1.83. The lowest BCUT2D eigenvalue weighted by Crippen LogP contribution is -2.66. The topological polar surface area (TPSA) is 108 Å². The highest BCUT2D eigenvalue weighted by Crippen LogP contribution is 2.59. The van der Waals surface area contributed by atoms with Gasteiger partial charge in [-0.15, -0.1) is 0 Å². The summed E-state index contributed by atoms with van der Waals surface area (Å²) in [7, 11) is 0. The highest BCUT2D eigenvalue weighted by molar-refractivity contribution is 5.86. The van der Waals surface area contributed by atoms with E-state index in [0.29, 0.717) is 43.9 Å². The van der Waals surface area contributed by atoms with E-state index in [9.17, 15) is 14.4 Å². The van der Waals surface area contributed by atoms with Crippen molar-refractivity contribution in [3.05, 3.63) is 0 Å². The second kappa shape index (κ2) is 7.89. The fourth-order valence-electron chi connectivity index (χ4n) is 6.90. The van der Waals surface area contributed by atoms with Crippen LogP contribution in [0.25, 0.3) is 0 Å². The molecule has 1 saturated heterocycles. The van der Waals surface area contributed by atoms with E-state index in [1.165, 1.54) is 0 Å². The molecule has 0 radical (unpaired) electrons. The lowest BCUT2D eigenvalue weighted by Gasteiger charge is -2.59. The van der Waals surface area contributed by atoms with Crippen LogP contribution in [-0.4, -0.2) is 70.9 Å². The highest BCUT2D eigenvalue weighted by atomic mass is 16.2. The van der Waals surface area contributed by atoms with Crippen molar-refractivity contribution in [1.82, 2.24) is 20.4 Å². The third kappa shape index (κ3) is 4.22. The molecule has 4 bridgehead atoms. The first kappa shape index (κ1) is 23.3. The molecule has 0 aromatic heterocycles. The van der Waals surface area contributed by atoms with Crippen LogP contribution in [0.3, 0.4) is 0 Å². The molecular weight excluding hydrogens is 406 g/mol. The number of hydrogen-bond donors (Lipinski definition) is 3. The summed E-state index contributed by atoms with van der Waals surface area (Å²) in [5.41, 5.74) is 4.55. The Bertz CT molecular complexity index is 765. The summed E-state index contributed by atoms with van der Waals surface area (Å²) in [5, 5.41) is 6.41. The van der Waals surface area contributed by atoms with E-state index >= 15 is 0 Å². The Kier molecular flexibility index (Phi) is 5.75. The first-order valence-electron chi connectivity index (χ1n) is 12.2. The van der Waals surface area contributed by atoms with E-state index in [2.05, 4.69) is 15.5 Å². The third-order valence-corrected chi connectivity index (χ3v) is 8.49. The van der Waals surface area contributed by atoms with E-state index < -0.39 is 5.54 Å². The average Bonchev–Trinajstić information content (AvgIpc) is 2.68. The molecule has 4 saturated carbocycles. The van der Waals surface area contributed by atoms with Crippen LogP contribution in [0.2, 0.25) is 0 Å². The second-order valence-corrected chi connectivity index (χ2v) is 12.3. The molecule has 0 aromatic rings. The zero-order chi connectivity index (χ0) is 23.5. The lowest BCUT2D eigenvalue weighted by atomic mass is 9.47. The molecule has 2 unspecified atom stereocenters. The standard InChI is InChI=1S/C24H41N5O3/c1-22(2,3)27-21(32)28-6-8-29(9-7-28)23(4,5)20(31)26-18-16-10-15-11-17(18)14-24(12-15,13-16)19(25)30/h15-18H,6-14H2,1-5H3,(H2,25,30)(H,26,31)(H,27,32). The maximum atomic E-state index is 13.4. The van der Waals surface area contributed by atoms with Crippen molar-refractivity contribution in [2.75, 3.05) is 26.2 Å². The zero-order valence-electron chi connectivity index (χ0n) is 20.4. The Balaban J connectivity index is 1.35. The summed E-state index contributed by atoms with van der Waals surface area (Å²) >= 11 is 0. The predicted molar refractivity (Wildman–Crippen MR) is 123 cm³/mol. The predicted octanol–water partition coefficient (Wildman–Crippen LogP) is 1.69. The van der Waals surface area contributed by atoms with Crippen LogP contribution in [0.15, 0.2) is 0 Å². The highest BCUT2D eigenvalue weighted by Gasteiger charge is 2.58. The molecule has 0 aromatic carbocycles. The molecule has 8 heteroatoms. The molecule has 180 valence electrons. The van der Waals surface area contributed by atoms with Gasteiger partial charge in [0.15, 0.2) is 0 Å². The van der Waals surface area contributed by atoms with Gasteiger partial charge in [-0.05, 0) is 84.5 Å². The lowest BCUT2D eigenvalue weighted by molar-refractivity contribution is -0.149. The van der Waals surface area contributed by atoms with Crippen LogP contribution in [0.1, 0.15) is 66.7 Å². The van der Waals surface area contributed by atoms with Crippen molar-refractivity contribution < 1.29 is 14.4 Å². The van der Waals surface area contributed by atoms with Crippen LogP contribution in [-0.2, 0) is 9.59 Å². The van der Waals surface area contributed by atoms with Crippen molar-refractivity contribution in [3.8, 4) is 0 Å². The number of nitrogens with zero attached hydrogens (tertiary/aromatic N) is 2. The molecule has 8 nitrogen and oxygen atoms in total. The van der Waals surface area contributed by atoms with Crippen molar-refractivity contribution >= 4 is 17.8 Å². The number of amides is 4. The Morgan fingerprint density at radius 1 is 0.906 bits per heavy atom. The summed E-state index contributed by atoms with van der Waals surface area (Å²) in [4.78, 5) is 42.1. The number of carbonyl (C=O) groups excluding carboxylic acids is 3. The summed E-state index contributed by atoms with van der Waals surface area (Å²) < 4.78 is 0. The van der Waals surface area contributed by atoms with E-state index in [1.807, 2.05) is 39.5 Å². The minimum absolute atomic E-state index is 0.0450. The van der Waals surface area contributed by atoms with Gasteiger partial charge in [-0.3, -0.25) is 14.5 Å². The maximum absolute atomic E-state index is 13.4. The molecule has 5 aliphatic rings. The molecule has 5 fully saturated rings. The van der Waals surface area contributed by atoms with Gasteiger partial charge in [0, 0.05) is 43.2 Å². The molecule has 0 spiro atoms. The third-order valence-electron chi connectivity index (χ3n) is 8.49. The van der Waals surface area contributed by atoms with Crippen molar-refractivity contribution in [2.24, 2.45) is 28.9 Å². The first-order valence-corrected chi connectivity index (χ1v) is 12.2. The smallest absolute Gasteiger partial charge is 0.317 e. The number of primary amides is 1. The number of nitrogens with one attached hydrogen (secondary N) is 2. The molecule has 5 rings (SSSR count). The van der Waals surface area contributed by atoms with Crippen LogP contribution in [0.5, 0.6) is 0 Å². The van der Waals surface area contributed by atoms with Gasteiger partial charge in [-0.2, -0.15) is 0 Å². The van der Waals surface area contributed by atoms with E-state index in [0.717, 1.165) is 32.1 Å². The average molecular weight is 448 g/mol. The number of hydrogen-bond acceptors (Lipinski definition) is 4. The quantitative estimate of drug-likeness (QED) is 0.609. The number of urea groups is 1. The number of piperazine rings is 1. The fourth-order valence-corrected chi connectivity index (χ4v) is 6.90. The Morgan fingerprint density at radius 3 is 1.97 bits per heavy atom. The number of carbonyl (C=O) groups is 3. The molecule has 32 heavy (non-hydrogen) atoms. The summed E-state index contributed by atoms with van der Waals surface area (Å²) in [6.45, 7) is 12.4. The van der Waals surface area contributed by atoms with Crippen molar-refractivity contribution in [3.63, 3.8) is 0 Å². The van der Waals surface area contributed by atoms with Crippen molar-refractivity contribution in [2.45, 2.75) is 83.8 Å². The van der Waals surface area contributed by atoms with Gasteiger partial charge in [-0.25, -0.2) is 4.79 Å². The molecular formula is C24H41N5O3. The van der Waals surface area contributed by atoms with E-state index in [4.69, 9.17) is 5.73 Å². The van der Waals surface area contributed by atoms with Gasteiger partial charge in [0.05, 0.1) is 5.54 Å². The summed E-state index contributed by atoms with van der Waals surface area (Å²) in [6, 6.07) is 0.0982. The Labute approximate surface area is 192 Å². The molecule has 4 N–H and O–H groups in total. The summed E-state index contributed by atoms with van der Waals surface area (Å²) in [6.07, 6.45) is 4.77. The molecule has 1 aliphatic heterocycles. The first-order chi connectivity index (χ1) is 14.8. The zero-order valence-corrected chi connectivity index (χ0v) is 20.4. The summed E-state index contributed by atoms with van der Waals surface area (Å²) in [5.74, 6) is 1.19. The van der Waals surface area contributed by atoms with Crippen LogP contribution < -0.4 is 16.4 Å². The number of nitrogens with two attached hydrogens (primary N) is 1. The monoisotopic (exact) mass is 447 g/mol. The van der Waals surface area contributed by atoms with E-state index in [-0.39, 0.29) is 34.8 Å². The van der Waals surface area contributed by atoms with Crippen LogP contribution in [0, 0.1) is 23.2 Å². The van der Waals surface area contributed by atoms with E-state index in [1.54, 1.807) is 0 Å². The van der Waals surface area contributed by atoms with Gasteiger partial charge in [0.25, 0.3) is 0 Å². The molecule has 1 heterocycles.